The second-order valence-corrected chi connectivity index (χ2v) is 6.41. The maximum Gasteiger partial charge on any atom is 0.349 e. The van der Waals surface area contributed by atoms with Crippen molar-refractivity contribution in [2.75, 3.05) is 19.5 Å². The Bertz CT molecular complexity index is 829. The van der Waals surface area contributed by atoms with Crippen molar-refractivity contribution in [3.05, 3.63) is 40.1 Å². The van der Waals surface area contributed by atoms with E-state index in [1.807, 2.05) is 0 Å². The molecule has 0 radical (unpaired) electrons. The number of carbonyl (C=O) groups is 3. The third-order valence-corrected chi connectivity index (χ3v) is 4.62. The van der Waals surface area contributed by atoms with Gasteiger partial charge in [-0.15, -0.1) is 11.3 Å². The first-order valence-electron chi connectivity index (χ1n) is 7.70. The van der Waals surface area contributed by atoms with E-state index in [2.05, 4.69) is 5.32 Å². The summed E-state index contributed by atoms with van der Waals surface area (Å²) in [5.74, 6) is -0.283. The molecule has 0 aliphatic heterocycles. The van der Waals surface area contributed by atoms with Gasteiger partial charge in [-0.2, -0.15) is 0 Å². The third kappa shape index (κ3) is 4.60. The van der Waals surface area contributed by atoms with Gasteiger partial charge in [0.1, 0.15) is 4.88 Å². The molecule has 2 rings (SSSR count). The Balaban J connectivity index is 2.00. The van der Waals surface area contributed by atoms with Crippen LogP contribution in [-0.2, 0) is 9.53 Å². The van der Waals surface area contributed by atoms with Crippen molar-refractivity contribution in [3.8, 4) is 11.5 Å². The molecule has 1 atom stereocenters. The summed E-state index contributed by atoms with van der Waals surface area (Å²) in [6.07, 6.45) is -1.02. The molecular weight excluding hydrogens is 358 g/mol. The lowest BCUT2D eigenvalue weighted by molar-refractivity contribution is -0.123. The number of benzene rings is 1. The summed E-state index contributed by atoms with van der Waals surface area (Å²) < 4.78 is 15.5. The lowest BCUT2D eigenvalue weighted by atomic mass is 10.2. The molecule has 0 fully saturated rings. The Morgan fingerprint density at radius 3 is 2.23 bits per heavy atom. The molecule has 1 N–H and O–H groups in total. The first-order valence-corrected chi connectivity index (χ1v) is 8.52. The van der Waals surface area contributed by atoms with Crippen molar-refractivity contribution in [3.63, 3.8) is 0 Å². The van der Waals surface area contributed by atoms with Crippen molar-refractivity contribution < 1.29 is 28.6 Å². The zero-order valence-corrected chi connectivity index (χ0v) is 15.6. The van der Waals surface area contributed by atoms with E-state index < -0.39 is 18.0 Å². The Morgan fingerprint density at radius 2 is 1.65 bits per heavy atom. The van der Waals surface area contributed by atoms with Crippen LogP contribution in [-0.4, -0.2) is 38.0 Å². The monoisotopic (exact) mass is 377 g/mol. The number of thiophene rings is 1. The van der Waals surface area contributed by atoms with Crippen LogP contribution in [0.4, 0.5) is 5.69 Å². The second-order valence-electron chi connectivity index (χ2n) is 5.33. The molecule has 0 saturated heterocycles. The van der Waals surface area contributed by atoms with Gasteiger partial charge in [0.2, 0.25) is 0 Å². The van der Waals surface area contributed by atoms with Crippen molar-refractivity contribution >= 4 is 34.7 Å². The van der Waals surface area contributed by atoms with Gasteiger partial charge in [0.25, 0.3) is 5.91 Å². The normalized spacial score (nSPS) is 11.4. The van der Waals surface area contributed by atoms with Gasteiger partial charge >= 0.3 is 5.97 Å². The standard InChI is InChI=1S/C18H19NO6S/c1-10(20)15-7-8-16(26-15)18(22)25-11(2)17(21)19-12-5-6-13(23-3)14(9-12)24-4/h5-9,11H,1-4H3,(H,19,21). The smallest absolute Gasteiger partial charge is 0.349 e. The Morgan fingerprint density at radius 1 is 1.00 bits per heavy atom. The number of ketones is 1. The number of Topliss-reactive ketones (excluding diaryl/α,β-unsaturated/α-hetero) is 1. The van der Waals surface area contributed by atoms with E-state index in [1.165, 1.54) is 34.1 Å². The van der Waals surface area contributed by atoms with E-state index in [9.17, 15) is 14.4 Å². The fraction of sp³-hybridized carbons (Fsp3) is 0.278. The Hall–Kier alpha value is -2.87. The molecule has 1 heterocycles. The van der Waals surface area contributed by atoms with E-state index in [0.717, 1.165) is 11.3 Å². The molecule has 1 unspecified atom stereocenters. The molecule has 2 aromatic rings. The van der Waals surface area contributed by atoms with E-state index >= 15 is 0 Å². The highest BCUT2D eigenvalue weighted by molar-refractivity contribution is 7.15. The van der Waals surface area contributed by atoms with Gasteiger partial charge < -0.3 is 19.5 Å². The van der Waals surface area contributed by atoms with Crippen LogP contribution in [0.5, 0.6) is 11.5 Å². The van der Waals surface area contributed by atoms with E-state index in [0.29, 0.717) is 22.1 Å². The lowest BCUT2D eigenvalue weighted by Gasteiger charge is -2.14. The SMILES string of the molecule is COc1ccc(NC(=O)C(C)OC(=O)c2ccc(C(C)=O)s2)cc1OC. The van der Waals surface area contributed by atoms with Gasteiger partial charge in [0.05, 0.1) is 19.1 Å². The number of carbonyl (C=O) groups excluding carboxylic acids is 3. The van der Waals surface area contributed by atoms with Gasteiger partial charge in [-0.25, -0.2) is 4.79 Å². The third-order valence-electron chi connectivity index (χ3n) is 3.46. The molecule has 7 nitrogen and oxygen atoms in total. The molecule has 0 bridgehead atoms. The number of esters is 1. The molecular formula is C18H19NO6S. The molecule has 1 aromatic heterocycles. The highest BCUT2D eigenvalue weighted by atomic mass is 32.1. The lowest BCUT2D eigenvalue weighted by Crippen LogP contribution is -2.29. The predicted octanol–water partition coefficient (Wildman–Crippen LogP) is 3.15. The molecule has 0 spiro atoms. The minimum Gasteiger partial charge on any atom is -0.493 e. The summed E-state index contributed by atoms with van der Waals surface area (Å²) in [5, 5.41) is 2.65. The molecule has 8 heteroatoms. The molecule has 1 aromatic carbocycles. The number of anilines is 1. The van der Waals surface area contributed by atoms with Crippen molar-refractivity contribution in [1.82, 2.24) is 0 Å². The summed E-state index contributed by atoms with van der Waals surface area (Å²) >= 11 is 1.03. The van der Waals surface area contributed by atoms with E-state index in [-0.39, 0.29) is 10.7 Å². The highest BCUT2D eigenvalue weighted by Gasteiger charge is 2.21. The minimum atomic E-state index is -1.02. The summed E-state index contributed by atoms with van der Waals surface area (Å²) in [7, 11) is 3.00. The Kier molecular flexibility index (Phi) is 6.35. The zero-order valence-electron chi connectivity index (χ0n) is 14.8. The van der Waals surface area contributed by atoms with E-state index in [1.54, 1.807) is 24.3 Å². The number of ether oxygens (including phenoxy) is 3. The van der Waals surface area contributed by atoms with Gasteiger partial charge in [-0.05, 0) is 38.1 Å². The molecule has 26 heavy (non-hydrogen) atoms. The quantitative estimate of drug-likeness (QED) is 0.589. The van der Waals surface area contributed by atoms with Crippen LogP contribution in [0.25, 0.3) is 0 Å². The number of nitrogens with one attached hydrogen (secondary N) is 1. The second kappa shape index (κ2) is 8.48. The van der Waals surface area contributed by atoms with Gasteiger partial charge in [0.15, 0.2) is 23.4 Å². The number of methoxy groups -OCH3 is 2. The molecule has 0 aliphatic rings. The molecule has 138 valence electrons. The van der Waals surface area contributed by atoms with Crippen LogP contribution < -0.4 is 14.8 Å². The fourth-order valence-electron chi connectivity index (χ4n) is 2.07. The highest BCUT2D eigenvalue weighted by Crippen LogP contribution is 2.29. The topological polar surface area (TPSA) is 90.9 Å². The largest absolute Gasteiger partial charge is 0.493 e. The summed E-state index contributed by atoms with van der Waals surface area (Å²) in [5.41, 5.74) is 0.477. The van der Waals surface area contributed by atoms with Crippen molar-refractivity contribution in [1.29, 1.82) is 0 Å². The van der Waals surface area contributed by atoms with Crippen LogP contribution in [0.1, 0.15) is 33.2 Å². The van der Waals surface area contributed by atoms with Crippen molar-refractivity contribution in [2.24, 2.45) is 0 Å². The first kappa shape index (κ1) is 19.5. The Labute approximate surface area is 154 Å². The van der Waals surface area contributed by atoms with Gasteiger partial charge in [0, 0.05) is 11.8 Å². The number of hydrogen-bond donors (Lipinski definition) is 1. The van der Waals surface area contributed by atoms with Gasteiger partial charge in [-0.3, -0.25) is 9.59 Å². The molecule has 0 saturated carbocycles. The predicted molar refractivity (Wildman–Crippen MR) is 97.4 cm³/mol. The first-order chi connectivity index (χ1) is 12.3. The summed E-state index contributed by atoms with van der Waals surface area (Å²) in [6.45, 7) is 2.88. The maximum atomic E-state index is 12.2. The van der Waals surface area contributed by atoms with Crippen LogP contribution >= 0.6 is 11.3 Å². The summed E-state index contributed by atoms with van der Waals surface area (Å²) in [4.78, 5) is 36.3. The fourth-order valence-corrected chi connectivity index (χ4v) is 2.85. The van der Waals surface area contributed by atoms with Crippen LogP contribution in [0.15, 0.2) is 30.3 Å². The average molecular weight is 377 g/mol. The van der Waals surface area contributed by atoms with Gasteiger partial charge in [-0.1, -0.05) is 0 Å². The maximum absolute atomic E-state index is 12.2. The minimum absolute atomic E-state index is 0.131. The number of hydrogen-bond acceptors (Lipinski definition) is 7. The average Bonchev–Trinajstić information content (AvgIpc) is 3.12. The number of amides is 1. The summed E-state index contributed by atoms with van der Waals surface area (Å²) in [6, 6.07) is 7.95. The van der Waals surface area contributed by atoms with E-state index in [4.69, 9.17) is 14.2 Å². The zero-order chi connectivity index (χ0) is 19.3. The molecule has 0 aliphatic carbocycles. The number of rotatable bonds is 7. The van der Waals surface area contributed by atoms with Crippen LogP contribution in [0, 0.1) is 0 Å². The van der Waals surface area contributed by atoms with Crippen molar-refractivity contribution in [2.45, 2.75) is 20.0 Å². The molecule has 1 amide bonds. The van der Waals surface area contributed by atoms with Crippen LogP contribution in [0.3, 0.4) is 0 Å². The van der Waals surface area contributed by atoms with Crippen LogP contribution in [0.2, 0.25) is 0 Å².